The predicted octanol–water partition coefficient (Wildman–Crippen LogP) is 4.75. The number of ether oxygens (including phenoxy) is 1. The Hall–Kier alpha value is -2.58. The lowest BCUT2D eigenvalue weighted by atomic mass is 10.1. The highest BCUT2D eigenvalue weighted by Crippen LogP contribution is 2.33. The van der Waals surface area contributed by atoms with E-state index in [-0.39, 0.29) is 11.4 Å². The van der Waals surface area contributed by atoms with Crippen molar-refractivity contribution in [1.29, 1.82) is 0 Å². The van der Waals surface area contributed by atoms with Crippen molar-refractivity contribution in [3.8, 4) is 5.75 Å². The van der Waals surface area contributed by atoms with Crippen LogP contribution in [0.5, 0.6) is 5.75 Å². The fourth-order valence-electron chi connectivity index (χ4n) is 2.76. The Labute approximate surface area is 181 Å². The molecule has 29 heavy (non-hydrogen) atoms. The number of nitrogens with one attached hydrogen (secondary N) is 1. The van der Waals surface area contributed by atoms with E-state index in [0.29, 0.717) is 11.4 Å². The molecule has 0 bridgehead atoms. The number of carbonyl (C=O) groups excluding carboxylic acids is 3. The first kappa shape index (κ1) is 21.1. The minimum Gasteiger partial charge on any atom is -0.496 e. The molecule has 1 fully saturated rings. The van der Waals surface area contributed by atoms with Gasteiger partial charge in [-0.2, -0.15) is 0 Å². The van der Waals surface area contributed by atoms with Crippen molar-refractivity contribution in [3.63, 3.8) is 0 Å². The molecule has 6 nitrogen and oxygen atoms in total. The van der Waals surface area contributed by atoms with Crippen molar-refractivity contribution >= 4 is 56.5 Å². The number of rotatable bonds is 5. The summed E-state index contributed by atoms with van der Waals surface area (Å²) in [6.07, 6.45) is 1.62. The minimum absolute atomic E-state index is 0.270. The molecule has 2 aromatic rings. The van der Waals surface area contributed by atoms with E-state index < -0.39 is 17.1 Å². The van der Waals surface area contributed by atoms with Crippen molar-refractivity contribution in [2.75, 3.05) is 19.0 Å². The van der Waals surface area contributed by atoms with E-state index in [1.54, 1.807) is 31.4 Å². The first-order chi connectivity index (χ1) is 13.8. The molecule has 150 valence electrons. The average Bonchev–Trinajstić information content (AvgIpc) is 2.92. The zero-order chi connectivity index (χ0) is 21.1. The Morgan fingerprint density at radius 3 is 2.66 bits per heavy atom. The van der Waals surface area contributed by atoms with E-state index in [2.05, 4.69) is 21.2 Å². The summed E-state index contributed by atoms with van der Waals surface area (Å²) in [6, 6.07) is 11.0. The Balaban J connectivity index is 1.72. The summed E-state index contributed by atoms with van der Waals surface area (Å²) in [7, 11) is 1.56. The van der Waals surface area contributed by atoms with Gasteiger partial charge < -0.3 is 10.1 Å². The van der Waals surface area contributed by atoms with Gasteiger partial charge >= 0.3 is 0 Å². The number of methoxy groups -OCH3 is 1. The summed E-state index contributed by atoms with van der Waals surface area (Å²) >= 11 is 4.21. The number of anilines is 1. The first-order valence-electron chi connectivity index (χ1n) is 8.74. The number of hydrogen-bond acceptors (Lipinski definition) is 5. The standard InChI is InChI=1S/C21H19BrN2O4S/c1-12-4-5-13(2)16(8-12)23-19(25)11-24-20(26)18(29-21(24)27)10-14-6-7-17(28-3)15(22)9-14/h4-10H,11H2,1-3H3,(H,23,25)/b18-10+. The Bertz CT molecular complexity index is 1040. The summed E-state index contributed by atoms with van der Waals surface area (Å²) in [5.74, 6) is -0.240. The number of halogens is 1. The van der Waals surface area contributed by atoms with Crippen LogP contribution in [0.1, 0.15) is 16.7 Å². The second-order valence-corrected chi connectivity index (χ2v) is 8.38. The normalized spacial score (nSPS) is 15.2. The molecule has 0 atom stereocenters. The minimum atomic E-state index is -0.483. The van der Waals surface area contributed by atoms with Crippen LogP contribution in [0, 0.1) is 13.8 Å². The van der Waals surface area contributed by atoms with Gasteiger partial charge in [0.1, 0.15) is 12.3 Å². The van der Waals surface area contributed by atoms with E-state index in [1.807, 2.05) is 32.0 Å². The van der Waals surface area contributed by atoms with E-state index >= 15 is 0 Å². The number of amides is 3. The third-order valence-corrected chi connectivity index (χ3v) is 5.84. The zero-order valence-electron chi connectivity index (χ0n) is 16.1. The van der Waals surface area contributed by atoms with Crippen molar-refractivity contribution < 1.29 is 19.1 Å². The largest absolute Gasteiger partial charge is 0.496 e. The van der Waals surface area contributed by atoms with Gasteiger partial charge in [0.25, 0.3) is 11.1 Å². The molecule has 0 saturated carbocycles. The SMILES string of the molecule is COc1ccc(/C=C2/SC(=O)N(CC(=O)Nc3cc(C)ccc3C)C2=O)cc1Br. The molecule has 0 unspecified atom stereocenters. The van der Waals surface area contributed by atoms with E-state index in [4.69, 9.17) is 4.74 Å². The lowest BCUT2D eigenvalue weighted by Crippen LogP contribution is -2.36. The van der Waals surface area contributed by atoms with Crippen LogP contribution < -0.4 is 10.1 Å². The van der Waals surface area contributed by atoms with Crippen LogP contribution in [0.3, 0.4) is 0 Å². The predicted molar refractivity (Wildman–Crippen MR) is 118 cm³/mol. The maximum Gasteiger partial charge on any atom is 0.294 e. The topological polar surface area (TPSA) is 75.7 Å². The molecule has 1 aliphatic rings. The molecule has 1 N–H and O–H groups in total. The van der Waals surface area contributed by atoms with Crippen LogP contribution >= 0.6 is 27.7 Å². The first-order valence-corrected chi connectivity index (χ1v) is 10.4. The highest BCUT2D eigenvalue weighted by molar-refractivity contribution is 9.10. The quantitative estimate of drug-likeness (QED) is 0.632. The van der Waals surface area contributed by atoms with Crippen molar-refractivity contribution in [2.45, 2.75) is 13.8 Å². The van der Waals surface area contributed by atoms with Crippen LogP contribution in [0.2, 0.25) is 0 Å². The number of thioether (sulfide) groups is 1. The number of aryl methyl sites for hydroxylation is 2. The molecule has 0 spiro atoms. The summed E-state index contributed by atoms with van der Waals surface area (Å²) in [5.41, 5.74) is 3.32. The summed E-state index contributed by atoms with van der Waals surface area (Å²) in [5, 5.41) is 2.30. The molecule has 2 aromatic carbocycles. The van der Waals surface area contributed by atoms with E-state index in [9.17, 15) is 14.4 Å². The molecule has 0 aromatic heterocycles. The van der Waals surface area contributed by atoms with Crippen molar-refractivity contribution in [1.82, 2.24) is 4.90 Å². The monoisotopic (exact) mass is 474 g/mol. The van der Waals surface area contributed by atoms with Crippen molar-refractivity contribution in [3.05, 3.63) is 62.5 Å². The van der Waals surface area contributed by atoms with Crippen molar-refractivity contribution in [2.24, 2.45) is 0 Å². The molecule has 0 aliphatic carbocycles. The molecule has 0 radical (unpaired) electrons. The van der Waals surface area contributed by atoms with E-state index in [1.165, 1.54) is 0 Å². The second-order valence-electron chi connectivity index (χ2n) is 6.53. The van der Waals surface area contributed by atoms with Gasteiger partial charge in [-0.3, -0.25) is 19.3 Å². The number of carbonyl (C=O) groups is 3. The van der Waals surface area contributed by atoms with Gasteiger partial charge in [-0.1, -0.05) is 18.2 Å². The smallest absolute Gasteiger partial charge is 0.294 e. The van der Waals surface area contributed by atoms with Gasteiger partial charge in [0.05, 0.1) is 16.5 Å². The van der Waals surface area contributed by atoms with Crippen LogP contribution in [0.25, 0.3) is 6.08 Å². The maximum atomic E-state index is 12.6. The van der Waals surface area contributed by atoms with E-state index in [0.717, 1.165) is 37.8 Å². The third-order valence-electron chi connectivity index (χ3n) is 4.32. The highest BCUT2D eigenvalue weighted by atomic mass is 79.9. The third kappa shape index (κ3) is 4.89. The summed E-state index contributed by atoms with van der Waals surface area (Å²) in [6.45, 7) is 3.47. The molecule has 1 saturated heterocycles. The second kappa shape index (κ2) is 8.84. The summed E-state index contributed by atoms with van der Waals surface area (Å²) < 4.78 is 5.92. The van der Waals surface area contributed by atoms with Gasteiger partial charge in [-0.15, -0.1) is 0 Å². The Morgan fingerprint density at radius 2 is 1.97 bits per heavy atom. The lowest BCUT2D eigenvalue weighted by molar-refractivity contribution is -0.127. The molecule has 3 rings (SSSR count). The van der Waals surface area contributed by atoms with Gasteiger partial charge in [0.2, 0.25) is 5.91 Å². The lowest BCUT2D eigenvalue weighted by Gasteiger charge is -2.14. The highest BCUT2D eigenvalue weighted by Gasteiger charge is 2.36. The fraction of sp³-hybridized carbons (Fsp3) is 0.190. The number of hydrogen-bond donors (Lipinski definition) is 1. The van der Waals surface area contributed by atoms with Crippen LogP contribution in [-0.4, -0.2) is 35.6 Å². The maximum absolute atomic E-state index is 12.6. The molecule has 1 aliphatic heterocycles. The van der Waals surface area contributed by atoms with Gasteiger partial charge in [0.15, 0.2) is 0 Å². The molecule has 8 heteroatoms. The fourth-order valence-corrected chi connectivity index (χ4v) is 4.16. The molecule has 1 heterocycles. The Morgan fingerprint density at radius 1 is 1.21 bits per heavy atom. The molecular weight excluding hydrogens is 456 g/mol. The van der Waals surface area contributed by atoms with Crippen LogP contribution in [-0.2, 0) is 9.59 Å². The number of benzene rings is 2. The average molecular weight is 475 g/mol. The molecular formula is C21H19BrN2O4S. The van der Waals surface area contributed by atoms with Gasteiger partial charge in [-0.05, 0) is 82.5 Å². The zero-order valence-corrected chi connectivity index (χ0v) is 18.5. The van der Waals surface area contributed by atoms with Gasteiger partial charge in [-0.25, -0.2) is 0 Å². The molecule has 3 amide bonds. The van der Waals surface area contributed by atoms with Gasteiger partial charge in [0, 0.05) is 5.69 Å². The summed E-state index contributed by atoms with van der Waals surface area (Å²) in [4.78, 5) is 38.5. The van der Waals surface area contributed by atoms with Crippen LogP contribution in [0.15, 0.2) is 45.8 Å². The number of nitrogens with zero attached hydrogens (tertiary/aromatic N) is 1. The Kier molecular flexibility index (Phi) is 6.44. The number of imide groups is 1. The van der Waals surface area contributed by atoms with Crippen LogP contribution in [0.4, 0.5) is 10.5 Å².